The van der Waals surface area contributed by atoms with E-state index in [9.17, 15) is 0 Å². The number of nitrogens with zero attached hydrogens (tertiary/aromatic N) is 4. The number of hydrogen-bond donors (Lipinski definition) is 1. The molecule has 0 unspecified atom stereocenters. The molecular formula is C18H13N5. The molecular weight excluding hydrogens is 286 g/mol. The van der Waals surface area contributed by atoms with E-state index in [1.807, 2.05) is 42.5 Å². The molecule has 0 spiro atoms. The van der Waals surface area contributed by atoms with Gasteiger partial charge in [0.1, 0.15) is 5.82 Å². The number of pyridine rings is 2. The highest BCUT2D eigenvalue weighted by Crippen LogP contribution is 2.23. The minimum Gasteiger partial charge on any atom is -0.338 e. The molecule has 0 aliphatic rings. The van der Waals surface area contributed by atoms with E-state index in [-0.39, 0.29) is 0 Å². The number of imidazole rings is 1. The molecule has 5 nitrogen and oxygen atoms in total. The molecule has 0 atom stereocenters. The quantitative estimate of drug-likeness (QED) is 0.585. The summed E-state index contributed by atoms with van der Waals surface area (Å²) in [6.45, 7) is 0. The van der Waals surface area contributed by atoms with Crippen LogP contribution in [0.3, 0.4) is 0 Å². The van der Waals surface area contributed by atoms with Crippen molar-refractivity contribution in [2.45, 2.75) is 0 Å². The molecule has 0 bridgehead atoms. The van der Waals surface area contributed by atoms with Gasteiger partial charge in [-0.1, -0.05) is 6.07 Å². The summed E-state index contributed by atoms with van der Waals surface area (Å²) < 4.78 is 0. The lowest BCUT2D eigenvalue weighted by Crippen LogP contribution is -1.80. The minimum absolute atomic E-state index is 0.807. The van der Waals surface area contributed by atoms with E-state index < -0.39 is 0 Å². The Morgan fingerprint density at radius 1 is 0.957 bits per heavy atom. The van der Waals surface area contributed by atoms with Crippen molar-refractivity contribution < 1.29 is 0 Å². The second kappa shape index (κ2) is 5.81. The first-order chi connectivity index (χ1) is 11.4. The van der Waals surface area contributed by atoms with Gasteiger partial charge in [0.05, 0.1) is 16.7 Å². The van der Waals surface area contributed by atoms with Gasteiger partial charge in [0, 0.05) is 42.1 Å². The summed E-state index contributed by atoms with van der Waals surface area (Å²) in [4.78, 5) is 20.6. The Balaban J connectivity index is 1.67. The number of aromatic nitrogens is 4. The Bertz CT molecular complexity index is 959. The second-order valence-corrected chi connectivity index (χ2v) is 5.07. The van der Waals surface area contributed by atoms with Gasteiger partial charge < -0.3 is 4.98 Å². The highest BCUT2D eigenvalue weighted by Gasteiger charge is 2.05. The predicted molar refractivity (Wildman–Crippen MR) is 90.8 cm³/mol. The summed E-state index contributed by atoms with van der Waals surface area (Å²) in [5.74, 6) is 0.807. The zero-order chi connectivity index (χ0) is 15.5. The normalized spacial score (nSPS) is 11.3. The van der Waals surface area contributed by atoms with Crippen LogP contribution in [0.5, 0.6) is 0 Å². The van der Waals surface area contributed by atoms with Crippen molar-refractivity contribution in [1.29, 1.82) is 0 Å². The number of rotatable bonds is 3. The van der Waals surface area contributed by atoms with E-state index in [0.717, 1.165) is 33.7 Å². The van der Waals surface area contributed by atoms with Gasteiger partial charge in [0.25, 0.3) is 0 Å². The van der Waals surface area contributed by atoms with Crippen molar-refractivity contribution in [3.63, 3.8) is 0 Å². The third-order valence-electron chi connectivity index (χ3n) is 3.45. The van der Waals surface area contributed by atoms with Crippen LogP contribution in [0, 0.1) is 0 Å². The molecule has 0 fully saturated rings. The number of aliphatic imine (C=N–C) groups is 1. The van der Waals surface area contributed by atoms with Gasteiger partial charge in [-0.2, -0.15) is 0 Å². The van der Waals surface area contributed by atoms with Crippen molar-refractivity contribution in [3.05, 3.63) is 72.8 Å². The second-order valence-electron chi connectivity index (χ2n) is 5.07. The summed E-state index contributed by atoms with van der Waals surface area (Å²) in [6.07, 6.45) is 8.86. The van der Waals surface area contributed by atoms with Gasteiger partial charge in [-0.3, -0.25) is 15.0 Å². The van der Waals surface area contributed by atoms with Gasteiger partial charge in [0.2, 0.25) is 0 Å². The summed E-state index contributed by atoms with van der Waals surface area (Å²) in [5, 5.41) is 0. The maximum Gasteiger partial charge on any atom is 0.140 e. The third kappa shape index (κ3) is 2.85. The van der Waals surface area contributed by atoms with Gasteiger partial charge in [-0.05, 0) is 36.4 Å². The van der Waals surface area contributed by atoms with Crippen molar-refractivity contribution in [2.75, 3.05) is 0 Å². The van der Waals surface area contributed by atoms with E-state index in [4.69, 9.17) is 0 Å². The molecule has 4 rings (SSSR count). The molecule has 0 aliphatic carbocycles. The number of fused-ring (bicyclic) bond motifs is 1. The van der Waals surface area contributed by atoms with E-state index in [2.05, 4.69) is 24.9 Å². The SMILES string of the molecule is C(=Nc1ccc2nc(-c3cccnc3)[nH]c2c1)c1cccnc1. The Morgan fingerprint density at radius 2 is 1.83 bits per heavy atom. The first-order valence-electron chi connectivity index (χ1n) is 7.23. The number of hydrogen-bond acceptors (Lipinski definition) is 4. The molecule has 0 saturated heterocycles. The van der Waals surface area contributed by atoms with Crippen LogP contribution >= 0.6 is 0 Å². The first-order valence-corrected chi connectivity index (χ1v) is 7.23. The van der Waals surface area contributed by atoms with E-state index in [0.29, 0.717) is 0 Å². The van der Waals surface area contributed by atoms with Gasteiger partial charge in [-0.15, -0.1) is 0 Å². The molecule has 0 saturated carbocycles. The van der Waals surface area contributed by atoms with Crippen LogP contribution in [-0.4, -0.2) is 26.2 Å². The summed E-state index contributed by atoms with van der Waals surface area (Å²) in [6, 6.07) is 13.6. The van der Waals surface area contributed by atoms with Crippen LogP contribution < -0.4 is 0 Å². The van der Waals surface area contributed by atoms with Crippen LogP contribution in [-0.2, 0) is 0 Å². The fourth-order valence-corrected chi connectivity index (χ4v) is 2.32. The van der Waals surface area contributed by atoms with E-state index in [1.165, 1.54) is 0 Å². The molecule has 3 heterocycles. The fourth-order valence-electron chi connectivity index (χ4n) is 2.32. The lowest BCUT2D eigenvalue weighted by atomic mass is 10.2. The molecule has 23 heavy (non-hydrogen) atoms. The first kappa shape index (κ1) is 13.3. The molecule has 1 aromatic carbocycles. The standard InChI is InChI=1S/C18H13N5/c1-3-13(10-19-7-1)11-21-15-5-6-16-17(9-15)23-18(22-16)14-4-2-8-20-12-14/h1-12H,(H,22,23). The fraction of sp³-hybridized carbons (Fsp3) is 0. The molecule has 4 aromatic rings. The monoisotopic (exact) mass is 299 g/mol. The zero-order valence-corrected chi connectivity index (χ0v) is 12.2. The number of H-pyrrole nitrogens is 1. The number of nitrogens with one attached hydrogen (secondary N) is 1. The Labute approximate surface area is 132 Å². The van der Waals surface area contributed by atoms with Crippen molar-refractivity contribution in [3.8, 4) is 11.4 Å². The molecule has 5 heteroatoms. The Hall–Kier alpha value is -3.34. The summed E-state index contributed by atoms with van der Waals surface area (Å²) in [7, 11) is 0. The van der Waals surface area contributed by atoms with Gasteiger partial charge in [-0.25, -0.2) is 4.98 Å². The molecule has 0 radical (unpaired) electrons. The molecule has 3 aromatic heterocycles. The Morgan fingerprint density at radius 3 is 2.61 bits per heavy atom. The molecule has 0 aliphatic heterocycles. The zero-order valence-electron chi connectivity index (χ0n) is 12.2. The van der Waals surface area contributed by atoms with Gasteiger partial charge >= 0.3 is 0 Å². The summed E-state index contributed by atoms with van der Waals surface area (Å²) in [5.41, 5.74) is 4.65. The van der Waals surface area contributed by atoms with E-state index >= 15 is 0 Å². The van der Waals surface area contributed by atoms with Crippen LogP contribution in [0.25, 0.3) is 22.4 Å². The number of aromatic amines is 1. The van der Waals surface area contributed by atoms with E-state index in [1.54, 1.807) is 31.0 Å². The third-order valence-corrected chi connectivity index (χ3v) is 3.45. The molecule has 110 valence electrons. The molecule has 1 N–H and O–H groups in total. The highest BCUT2D eigenvalue weighted by atomic mass is 14.9. The predicted octanol–water partition coefficient (Wildman–Crippen LogP) is 3.77. The topological polar surface area (TPSA) is 66.8 Å². The van der Waals surface area contributed by atoms with Crippen molar-refractivity contribution >= 4 is 22.9 Å². The van der Waals surface area contributed by atoms with Crippen molar-refractivity contribution in [2.24, 2.45) is 4.99 Å². The summed E-state index contributed by atoms with van der Waals surface area (Å²) >= 11 is 0. The van der Waals surface area contributed by atoms with Crippen LogP contribution in [0.4, 0.5) is 5.69 Å². The minimum atomic E-state index is 0.807. The number of benzene rings is 1. The van der Waals surface area contributed by atoms with Crippen molar-refractivity contribution in [1.82, 2.24) is 19.9 Å². The average Bonchev–Trinajstić information content (AvgIpc) is 3.05. The Kier molecular flexibility index (Phi) is 3.37. The lowest BCUT2D eigenvalue weighted by molar-refractivity contribution is 1.27. The van der Waals surface area contributed by atoms with Crippen LogP contribution in [0.2, 0.25) is 0 Å². The average molecular weight is 299 g/mol. The lowest BCUT2D eigenvalue weighted by Gasteiger charge is -1.94. The maximum absolute atomic E-state index is 4.58. The van der Waals surface area contributed by atoms with Crippen LogP contribution in [0.1, 0.15) is 5.56 Å². The molecule has 0 amide bonds. The van der Waals surface area contributed by atoms with Gasteiger partial charge in [0.15, 0.2) is 0 Å². The van der Waals surface area contributed by atoms with Crippen LogP contribution in [0.15, 0.2) is 72.2 Å². The highest BCUT2D eigenvalue weighted by molar-refractivity contribution is 5.85. The largest absolute Gasteiger partial charge is 0.338 e. The maximum atomic E-state index is 4.58. The smallest absolute Gasteiger partial charge is 0.140 e.